The lowest BCUT2D eigenvalue weighted by atomic mass is 10.3. The van der Waals surface area contributed by atoms with Crippen LogP contribution in [-0.4, -0.2) is 49.5 Å². The molecule has 0 aromatic carbocycles. The zero-order valence-electron chi connectivity index (χ0n) is 12.8. The van der Waals surface area contributed by atoms with Crippen LogP contribution in [0.15, 0.2) is 45.6 Å². The third-order valence-corrected chi connectivity index (χ3v) is 3.17. The highest BCUT2D eigenvalue weighted by Crippen LogP contribution is 2.07. The molecule has 0 saturated heterocycles. The van der Waals surface area contributed by atoms with Crippen LogP contribution < -0.4 is 0 Å². The fraction of sp³-hybridized carbons (Fsp3) is 0.500. The van der Waals surface area contributed by atoms with Gasteiger partial charge in [-0.2, -0.15) is 0 Å². The molecular weight excluding hydrogens is 286 g/mol. The number of hydrogen-bond donors (Lipinski definition) is 1. The minimum atomic E-state index is -0.582. The maximum absolute atomic E-state index is 10.1. The van der Waals surface area contributed by atoms with E-state index in [-0.39, 0.29) is 6.61 Å². The Hall–Kier alpha value is -1.60. The van der Waals surface area contributed by atoms with Crippen LogP contribution >= 0.6 is 0 Å². The summed E-state index contributed by atoms with van der Waals surface area (Å²) in [6, 6.07) is 7.42. The van der Waals surface area contributed by atoms with Crippen LogP contribution in [-0.2, 0) is 22.6 Å². The number of hydrogen-bond acceptors (Lipinski definition) is 6. The third kappa shape index (κ3) is 6.03. The van der Waals surface area contributed by atoms with E-state index in [1.807, 2.05) is 24.3 Å². The maximum atomic E-state index is 10.1. The summed E-state index contributed by atoms with van der Waals surface area (Å²) < 4.78 is 21.1. The van der Waals surface area contributed by atoms with Crippen LogP contribution in [0.3, 0.4) is 0 Å². The summed E-state index contributed by atoms with van der Waals surface area (Å²) in [5.41, 5.74) is 0. The molecule has 0 radical (unpaired) electrons. The Bertz CT molecular complexity index is 483. The molecule has 0 bridgehead atoms. The molecule has 2 heterocycles. The van der Waals surface area contributed by atoms with Crippen molar-refractivity contribution in [3.8, 4) is 0 Å². The van der Waals surface area contributed by atoms with Gasteiger partial charge in [0.2, 0.25) is 0 Å². The lowest BCUT2D eigenvalue weighted by Crippen LogP contribution is -2.36. The first kappa shape index (κ1) is 16.8. The second-order valence-electron chi connectivity index (χ2n) is 5.06. The van der Waals surface area contributed by atoms with E-state index in [2.05, 4.69) is 4.90 Å². The minimum absolute atomic E-state index is 0.252. The van der Waals surface area contributed by atoms with Gasteiger partial charge in [0.1, 0.15) is 18.1 Å². The van der Waals surface area contributed by atoms with Crippen molar-refractivity contribution in [3.05, 3.63) is 48.3 Å². The van der Waals surface area contributed by atoms with Crippen molar-refractivity contribution in [1.29, 1.82) is 0 Å². The number of rotatable bonds is 11. The van der Waals surface area contributed by atoms with Gasteiger partial charge in [-0.1, -0.05) is 0 Å². The molecule has 22 heavy (non-hydrogen) atoms. The quantitative estimate of drug-likeness (QED) is 0.684. The molecule has 0 unspecified atom stereocenters. The first-order valence-electron chi connectivity index (χ1n) is 7.30. The van der Waals surface area contributed by atoms with Crippen molar-refractivity contribution in [3.63, 3.8) is 0 Å². The molecule has 1 atom stereocenters. The van der Waals surface area contributed by atoms with Gasteiger partial charge in [-0.25, -0.2) is 0 Å². The summed E-state index contributed by atoms with van der Waals surface area (Å²) >= 11 is 0. The van der Waals surface area contributed by atoms with Crippen molar-refractivity contribution in [2.45, 2.75) is 19.3 Å². The zero-order valence-corrected chi connectivity index (χ0v) is 12.8. The molecule has 2 aromatic heterocycles. The zero-order chi connectivity index (χ0) is 15.6. The van der Waals surface area contributed by atoms with Gasteiger partial charge in [0.05, 0.1) is 38.4 Å². The smallest absolute Gasteiger partial charge is 0.129 e. The van der Waals surface area contributed by atoms with Crippen molar-refractivity contribution < 1.29 is 23.4 Å². The number of nitrogens with zero attached hydrogens (tertiary/aromatic N) is 1. The molecule has 0 aliphatic rings. The highest BCUT2D eigenvalue weighted by Gasteiger charge is 2.14. The lowest BCUT2D eigenvalue weighted by molar-refractivity contribution is -0.000484. The van der Waals surface area contributed by atoms with Gasteiger partial charge in [-0.3, -0.25) is 4.90 Å². The number of ether oxygens (including phenoxy) is 2. The minimum Gasteiger partial charge on any atom is -0.468 e. The van der Waals surface area contributed by atoms with Gasteiger partial charge in [0.25, 0.3) is 0 Å². The second-order valence-corrected chi connectivity index (χ2v) is 5.06. The van der Waals surface area contributed by atoms with E-state index in [1.165, 1.54) is 0 Å². The van der Waals surface area contributed by atoms with E-state index in [1.54, 1.807) is 19.6 Å². The van der Waals surface area contributed by atoms with Crippen LogP contribution in [0.25, 0.3) is 0 Å². The van der Waals surface area contributed by atoms with Crippen molar-refractivity contribution in [2.75, 3.05) is 33.4 Å². The molecule has 1 N–H and O–H groups in total. The summed E-state index contributed by atoms with van der Waals surface area (Å²) in [5.74, 6) is 1.61. The van der Waals surface area contributed by atoms with Gasteiger partial charge in [-0.15, -0.1) is 0 Å². The fourth-order valence-corrected chi connectivity index (χ4v) is 2.12. The van der Waals surface area contributed by atoms with Gasteiger partial charge in [0, 0.05) is 20.2 Å². The van der Waals surface area contributed by atoms with Crippen LogP contribution in [0, 0.1) is 0 Å². The van der Waals surface area contributed by atoms with Crippen molar-refractivity contribution in [1.82, 2.24) is 4.90 Å². The Kier molecular flexibility index (Phi) is 7.18. The fourth-order valence-electron chi connectivity index (χ4n) is 2.12. The molecule has 6 heteroatoms. The molecular formula is C16H23NO5. The Balaban J connectivity index is 1.72. The standard InChI is InChI=1S/C16H23NO5/c1-19-9-6-17(11-15-4-2-7-21-15)10-14(18)12-20-13-16-5-3-8-22-16/h2-5,7-8,14,18H,6,9-13H2,1H3/t14-/m0/s1. The SMILES string of the molecule is COCCN(Cc1ccco1)C[C@H](O)COCc1ccco1. The Morgan fingerprint density at radius 2 is 1.91 bits per heavy atom. The summed E-state index contributed by atoms with van der Waals surface area (Å²) in [7, 11) is 1.66. The second kappa shape index (κ2) is 9.42. The van der Waals surface area contributed by atoms with Gasteiger partial charge < -0.3 is 23.4 Å². The van der Waals surface area contributed by atoms with E-state index >= 15 is 0 Å². The monoisotopic (exact) mass is 309 g/mol. The maximum Gasteiger partial charge on any atom is 0.129 e. The summed E-state index contributed by atoms with van der Waals surface area (Å²) in [4.78, 5) is 2.07. The topological polar surface area (TPSA) is 68.2 Å². The normalized spacial score (nSPS) is 12.9. The summed E-state index contributed by atoms with van der Waals surface area (Å²) in [5, 5.41) is 10.1. The van der Waals surface area contributed by atoms with Crippen molar-refractivity contribution in [2.24, 2.45) is 0 Å². The molecule has 0 aliphatic carbocycles. The van der Waals surface area contributed by atoms with Gasteiger partial charge in [-0.05, 0) is 24.3 Å². The highest BCUT2D eigenvalue weighted by molar-refractivity contribution is 4.98. The Morgan fingerprint density at radius 3 is 2.55 bits per heavy atom. The Morgan fingerprint density at radius 1 is 1.18 bits per heavy atom. The molecule has 122 valence electrons. The Labute approximate surface area is 130 Å². The molecule has 0 spiro atoms. The molecule has 6 nitrogen and oxygen atoms in total. The average molecular weight is 309 g/mol. The molecule has 2 aromatic rings. The average Bonchev–Trinajstić information content (AvgIpc) is 3.18. The van der Waals surface area contributed by atoms with Crippen LogP contribution in [0.4, 0.5) is 0 Å². The van der Waals surface area contributed by atoms with E-state index in [4.69, 9.17) is 18.3 Å². The molecule has 2 rings (SSSR count). The van der Waals surface area contributed by atoms with Crippen LogP contribution in [0.1, 0.15) is 11.5 Å². The molecule has 0 aliphatic heterocycles. The summed E-state index contributed by atoms with van der Waals surface area (Å²) in [6.45, 7) is 3.05. The molecule has 0 amide bonds. The first-order chi connectivity index (χ1) is 10.8. The number of aliphatic hydroxyl groups is 1. The first-order valence-corrected chi connectivity index (χ1v) is 7.30. The van der Waals surface area contributed by atoms with Crippen molar-refractivity contribution >= 4 is 0 Å². The number of furan rings is 2. The molecule has 0 saturated carbocycles. The number of aliphatic hydroxyl groups excluding tert-OH is 1. The van der Waals surface area contributed by atoms with Crippen LogP contribution in [0.5, 0.6) is 0 Å². The van der Waals surface area contributed by atoms with Gasteiger partial charge in [0.15, 0.2) is 0 Å². The molecule has 0 fully saturated rings. The van der Waals surface area contributed by atoms with E-state index in [0.717, 1.165) is 11.5 Å². The van der Waals surface area contributed by atoms with E-state index < -0.39 is 6.10 Å². The predicted octanol–water partition coefficient (Wildman–Crippen LogP) is 1.90. The highest BCUT2D eigenvalue weighted by atomic mass is 16.5. The van der Waals surface area contributed by atoms with E-state index in [9.17, 15) is 5.11 Å². The third-order valence-electron chi connectivity index (χ3n) is 3.17. The van der Waals surface area contributed by atoms with E-state index in [0.29, 0.717) is 32.8 Å². The number of methoxy groups -OCH3 is 1. The summed E-state index contributed by atoms with van der Waals surface area (Å²) in [6.07, 6.45) is 2.67. The van der Waals surface area contributed by atoms with Gasteiger partial charge >= 0.3 is 0 Å². The lowest BCUT2D eigenvalue weighted by Gasteiger charge is -2.23. The van der Waals surface area contributed by atoms with Crippen LogP contribution in [0.2, 0.25) is 0 Å². The predicted molar refractivity (Wildman–Crippen MR) is 80.2 cm³/mol. The largest absolute Gasteiger partial charge is 0.468 e.